The smallest absolute Gasteiger partial charge is 0.333 e. The Hall–Kier alpha value is -3.48. The summed E-state index contributed by atoms with van der Waals surface area (Å²) in [7, 11) is 1.25. The summed E-state index contributed by atoms with van der Waals surface area (Å²) in [5.41, 5.74) is 1.19. The molecule has 0 aliphatic carbocycles. The molecule has 7 nitrogen and oxygen atoms in total. The molecule has 1 atom stereocenters. The SMILES string of the molecule is COC(=O)[C@H](NC(=O)/C=C/c1ccc([N+](=O)[O-])cc1)c1ccccc1. The average Bonchev–Trinajstić information content (AvgIpc) is 2.64. The fourth-order valence-corrected chi connectivity index (χ4v) is 2.11. The summed E-state index contributed by atoms with van der Waals surface area (Å²) in [5, 5.41) is 13.2. The van der Waals surface area contributed by atoms with Crippen LogP contribution in [0.1, 0.15) is 17.2 Å². The zero-order chi connectivity index (χ0) is 18.2. The quantitative estimate of drug-likeness (QED) is 0.377. The second-order valence-corrected chi connectivity index (χ2v) is 5.06. The van der Waals surface area contributed by atoms with Crippen LogP contribution in [0.2, 0.25) is 0 Å². The van der Waals surface area contributed by atoms with E-state index in [-0.39, 0.29) is 5.69 Å². The molecule has 0 aromatic heterocycles. The Morgan fingerprint density at radius 2 is 1.76 bits per heavy atom. The molecular weight excluding hydrogens is 324 g/mol. The Labute approximate surface area is 144 Å². The molecule has 0 aliphatic heterocycles. The summed E-state index contributed by atoms with van der Waals surface area (Å²) < 4.78 is 4.72. The van der Waals surface area contributed by atoms with Gasteiger partial charge >= 0.3 is 5.97 Å². The van der Waals surface area contributed by atoms with Gasteiger partial charge in [0.1, 0.15) is 0 Å². The number of carbonyl (C=O) groups excluding carboxylic acids is 2. The van der Waals surface area contributed by atoms with Crippen molar-refractivity contribution in [1.82, 2.24) is 5.32 Å². The second-order valence-electron chi connectivity index (χ2n) is 5.06. The monoisotopic (exact) mass is 340 g/mol. The second kappa shape index (κ2) is 8.39. The van der Waals surface area contributed by atoms with E-state index in [9.17, 15) is 19.7 Å². The van der Waals surface area contributed by atoms with Crippen molar-refractivity contribution in [1.29, 1.82) is 0 Å². The molecule has 0 bridgehead atoms. The number of non-ortho nitro benzene ring substituents is 1. The Balaban J connectivity index is 2.08. The van der Waals surface area contributed by atoms with Crippen molar-refractivity contribution < 1.29 is 19.2 Å². The third-order valence-corrected chi connectivity index (χ3v) is 3.39. The van der Waals surface area contributed by atoms with Crippen molar-refractivity contribution >= 4 is 23.6 Å². The molecule has 2 aromatic carbocycles. The number of nitrogens with one attached hydrogen (secondary N) is 1. The summed E-state index contributed by atoms with van der Waals surface area (Å²) in [6.45, 7) is 0. The van der Waals surface area contributed by atoms with Crippen molar-refractivity contribution in [3.63, 3.8) is 0 Å². The lowest BCUT2D eigenvalue weighted by Crippen LogP contribution is -2.33. The van der Waals surface area contributed by atoms with E-state index in [0.717, 1.165) is 0 Å². The number of hydrogen-bond acceptors (Lipinski definition) is 5. The van der Waals surface area contributed by atoms with Gasteiger partial charge < -0.3 is 10.1 Å². The lowest BCUT2D eigenvalue weighted by Gasteiger charge is -2.15. The van der Waals surface area contributed by atoms with E-state index in [1.54, 1.807) is 30.3 Å². The van der Waals surface area contributed by atoms with Crippen molar-refractivity contribution in [3.8, 4) is 0 Å². The van der Waals surface area contributed by atoms with Crippen LogP contribution in [0, 0.1) is 10.1 Å². The number of amides is 1. The Bertz CT molecular complexity index is 785. The number of nitrogens with zero attached hydrogens (tertiary/aromatic N) is 1. The van der Waals surface area contributed by atoms with Crippen LogP contribution in [0.4, 0.5) is 5.69 Å². The number of rotatable bonds is 6. The van der Waals surface area contributed by atoms with Crippen molar-refractivity contribution in [3.05, 3.63) is 81.9 Å². The van der Waals surface area contributed by atoms with Crippen LogP contribution in [-0.4, -0.2) is 23.9 Å². The third-order valence-electron chi connectivity index (χ3n) is 3.39. The van der Waals surface area contributed by atoms with Gasteiger partial charge in [-0.1, -0.05) is 30.3 Å². The predicted molar refractivity (Wildman–Crippen MR) is 91.5 cm³/mol. The van der Waals surface area contributed by atoms with Crippen LogP contribution in [0.15, 0.2) is 60.7 Å². The van der Waals surface area contributed by atoms with Gasteiger partial charge in [-0.2, -0.15) is 0 Å². The molecule has 2 aromatic rings. The molecule has 1 N–H and O–H groups in total. The molecule has 128 valence electrons. The molecule has 0 fully saturated rings. The molecule has 0 heterocycles. The topological polar surface area (TPSA) is 98.5 Å². The third kappa shape index (κ3) is 5.00. The van der Waals surface area contributed by atoms with E-state index in [4.69, 9.17) is 4.74 Å². The van der Waals surface area contributed by atoms with E-state index >= 15 is 0 Å². The summed E-state index contributed by atoms with van der Waals surface area (Å²) in [5.74, 6) is -1.07. The van der Waals surface area contributed by atoms with E-state index < -0.39 is 22.8 Å². The first-order chi connectivity index (χ1) is 12.0. The Morgan fingerprint density at radius 3 is 2.32 bits per heavy atom. The number of ether oxygens (including phenoxy) is 1. The summed E-state index contributed by atoms with van der Waals surface area (Å²) in [4.78, 5) is 34.1. The maximum Gasteiger partial charge on any atom is 0.333 e. The highest BCUT2D eigenvalue weighted by atomic mass is 16.6. The van der Waals surface area contributed by atoms with Gasteiger partial charge in [-0.25, -0.2) is 4.79 Å². The fraction of sp³-hybridized carbons (Fsp3) is 0.111. The standard InChI is InChI=1S/C18H16N2O5/c1-25-18(22)17(14-5-3-2-4-6-14)19-16(21)12-9-13-7-10-15(11-8-13)20(23)24/h2-12,17H,1H3,(H,19,21)/b12-9+/t17-/m1/s1. The molecule has 7 heteroatoms. The number of nitro benzene ring substituents is 1. The van der Waals surface area contributed by atoms with E-state index in [2.05, 4.69) is 5.32 Å². The average molecular weight is 340 g/mol. The first kappa shape index (κ1) is 17.9. The molecule has 2 rings (SSSR count). The van der Waals surface area contributed by atoms with Gasteiger partial charge in [0.05, 0.1) is 12.0 Å². The molecule has 0 aliphatic rings. The molecule has 0 saturated carbocycles. The van der Waals surface area contributed by atoms with Gasteiger partial charge in [0.25, 0.3) is 5.69 Å². The van der Waals surface area contributed by atoms with Gasteiger partial charge in [-0.3, -0.25) is 14.9 Å². The maximum atomic E-state index is 12.1. The molecule has 0 spiro atoms. The van der Waals surface area contributed by atoms with Crippen LogP contribution in [-0.2, 0) is 14.3 Å². The van der Waals surface area contributed by atoms with Gasteiger partial charge in [0.2, 0.25) is 5.91 Å². The first-order valence-corrected chi connectivity index (χ1v) is 7.37. The number of nitro groups is 1. The number of carbonyl (C=O) groups is 2. The molecule has 1 amide bonds. The van der Waals surface area contributed by atoms with Crippen LogP contribution in [0.3, 0.4) is 0 Å². The summed E-state index contributed by atoms with van der Waals surface area (Å²) in [6.07, 6.45) is 2.75. The van der Waals surface area contributed by atoms with Crippen LogP contribution in [0.5, 0.6) is 0 Å². The predicted octanol–water partition coefficient (Wildman–Crippen LogP) is 2.64. The zero-order valence-corrected chi connectivity index (χ0v) is 13.4. The fourth-order valence-electron chi connectivity index (χ4n) is 2.11. The highest BCUT2D eigenvalue weighted by Crippen LogP contribution is 2.15. The van der Waals surface area contributed by atoms with E-state index in [1.807, 2.05) is 0 Å². The van der Waals surface area contributed by atoms with Gasteiger partial charge in [-0.05, 0) is 29.3 Å². The largest absolute Gasteiger partial charge is 0.467 e. The number of hydrogen-bond donors (Lipinski definition) is 1. The minimum Gasteiger partial charge on any atom is -0.467 e. The number of benzene rings is 2. The highest BCUT2D eigenvalue weighted by Gasteiger charge is 2.22. The molecule has 0 saturated heterocycles. The van der Waals surface area contributed by atoms with E-state index in [0.29, 0.717) is 11.1 Å². The summed E-state index contributed by atoms with van der Waals surface area (Å²) in [6, 6.07) is 13.6. The molecule has 0 unspecified atom stereocenters. The van der Waals surface area contributed by atoms with Crippen molar-refractivity contribution in [2.45, 2.75) is 6.04 Å². The number of esters is 1. The van der Waals surface area contributed by atoms with E-state index in [1.165, 1.54) is 43.5 Å². The lowest BCUT2D eigenvalue weighted by molar-refractivity contribution is -0.384. The van der Waals surface area contributed by atoms with Crippen molar-refractivity contribution in [2.24, 2.45) is 0 Å². The molecular formula is C18H16N2O5. The first-order valence-electron chi connectivity index (χ1n) is 7.37. The Morgan fingerprint density at radius 1 is 1.12 bits per heavy atom. The van der Waals surface area contributed by atoms with Crippen LogP contribution in [0.25, 0.3) is 6.08 Å². The molecule has 25 heavy (non-hydrogen) atoms. The van der Waals surface area contributed by atoms with Crippen LogP contribution < -0.4 is 5.32 Å². The minimum absolute atomic E-state index is 0.0311. The van der Waals surface area contributed by atoms with Gasteiger partial charge in [0, 0.05) is 18.2 Å². The molecule has 0 radical (unpaired) electrons. The van der Waals surface area contributed by atoms with Gasteiger partial charge in [0.15, 0.2) is 6.04 Å². The van der Waals surface area contributed by atoms with Crippen molar-refractivity contribution in [2.75, 3.05) is 7.11 Å². The minimum atomic E-state index is -0.916. The number of methoxy groups -OCH3 is 1. The lowest BCUT2D eigenvalue weighted by atomic mass is 10.1. The highest BCUT2D eigenvalue weighted by molar-refractivity contribution is 5.94. The maximum absolute atomic E-state index is 12.1. The zero-order valence-electron chi connectivity index (χ0n) is 13.4. The normalized spacial score (nSPS) is 11.7. The van der Waals surface area contributed by atoms with Crippen LogP contribution >= 0.6 is 0 Å². The Kier molecular flexibility index (Phi) is 6.00. The summed E-state index contributed by atoms with van der Waals surface area (Å²) >= 11 is 0. The van der Waals surface area contributed by atoms with Gasteiger partial charge in [-0.15, -0.1) is 0 Å².